The monoisotopic (exact) mass is 281 g/mol. The van der Waals surface area contributed by atoms with Crippen LogP contribution in [0.1, 0.15) is 5.56 Å². The van der Waals surface area contributed by atoms with Gasteiger partial charge in [-0.25, -0.2) is 0 Å². The van der Waals surface area contributed by atoms with E-state index in [4.69, 9.17) is 11.1 Å². The summed E-state index contributed by atoms with van der Waals surface area (Å²) >= 11 is 8.30. The molecule has 0 saturated carbocycles. The van der Waals surface area contributed by atoms with Crippen LogP contribution < -0.4 is 5.19 Å². The number of hydrogen-bond donors (Lipinski definition) is 0. The lowest BCUT2D eigenvalue weighted by Crippen LogP contribution is -2.19. The molecule has 1 radical (unpaired) electrons. The summed E-state index contributed by atoms with van der Waals surface area (Å²) in [5, 5.41) is 1.31. The molecule has 1 aromatic carbocycles. The zero-order valence-corrected chi connectivity index (χ0v) is 9.48. The largest absolute Gasteiger partial charge is 0.273 e. The van der Waals surface area contributed by atoms with Crippen molar-refractivity contribution in [2.24, 2.45) is 0 Å². The smallest absolute Gasteiger partial charge is 0.148 e. The fraction of sp³-hybridized carbons (Fsp3) is 0.143. The van der Waals surface area contributed by atoms with E-state index in [9.17, 15) is 0 Å². The first-order valence-corrected chi connectivity index (χ1v) is 8.58. The molecular weight excluding hydrogens is 275 g/mol. The molecule has 0 aliphatic rings. The number of aryl methyl sites for hydroxylation is 1. The number of benzene rings is 1. The maximum atomic E-state index is 6.00. The highest BCUT2D eigenvalue weighted by atomic mass is 127. The fourth-order valence-electron chi connectivity index (χ4n) is 0.785. The SMILES string of the molecule is Cc1ccccc1[Si](Cl)I. The highest BCUT2D eigenvalue weighted by molar-refractivity contribution is 14.1. The Balaban J connectivity index is 3.03. The van der Waals surface area contributed by atoms with E-state index in [0.29, 0.717) is 0 Å². The Morgan fingerprint density at radius 2 is 2.00 bits per heavy atom. The molecule has 0 N–H and O–H groups in total. The topological polar surface area (TPSA) is 0 Å². The maximum absolute atomic E-state index is 6.00. The van der Waals surface area contributed by atoms with Crippen LogP contribution in [0.3, 0.4) is 0 Å². The van der Waals surface area contributed by atoms with Crippen LogP contribution in [0.25, 0.3) is 0 Å². The Morgan fingerprint density at radius 1 is 1.40 bits per heavy atom. The molecule has 0 bridgehead atoms. The lowest BCUT2D eigenvalue weighted by molar-refractivity contribution is 1.52. The predicted molar refractivity (Wildman–Crippen MR) is 56.4 cm³/mol. The minimum atomic E-state index is -0.800. The predicted octanol–water partition coefficient (Wildman–Crippen LogP) is 2.36. The van der Waals surface area contributed by atoms with Crippen molar-refractivity contribution in [3.05, 3.63) is 29.8 Å². The minimum absolute atomic E-state index is 0.800. The van der Waals surface area contributed by atoms with E-state index >= 15 is 0 Å². The van der Waals surface area contributed by atoms with Crippen LogP contribution in [-0.2, 0) is 0 Å². The molecule has 0 atom stereocenters. The summed E-state index contributed by atoms with van der Waals surface area (Å²) in [5.41, 5.74) is 0.506. The third kappa shape index (κ3) is 1.97. The Kier molecular flexibility index (Phi) is 3.19. The average molecular weight is 282 g/mol. The molecule has 0 spiro atoms. The highest BCUT2D eigenvalue weighted by Gasteiger charge is 2.07. The molecule has 0 heterocycles. The maximum Gasteiger partial charge on any atom is 0.273 e. The second kappa shape index (κ2) is 3.73. The quantitative estimate of drug-likeness (QED) is 0.421. The van der Waals surface area contributed by atoms with Crippen molar-refractivity contribution in [3.8, 4) is 0 Å². The van der Waals surface area contributed by atoms with Crippen molar-refractivity contribution in [2.45, 2.75) is 6.92 Å². The molecule has 0 aliphatic heterocycles. The lowest BCUT2D eigenvalue weighted by atomic mass is 10.2. The minimum Gasteiger partial charge on any atom is -0.148 e. The van der Waals surface area contributed by atoms with E-state index < -0.39 is 5.60 Å². The van der Waals surface area contributed by atoms with E-state index in [1.165, 1.54) is 10.8 Å². The molecule has 0 fully saturated rings. The van der Waals surface area contributed by atoms with Gasteiger partial charge in [-0.2, -0.15) is 0 Å². The molecule has 10 heavy (non-hydrogen) atoms. The molecule has 1 aromatic rings. The number of rotatable bonds is 1. The summed E-state index contributed by atoms with van der Waals surface area (Å²) in [4.78, 5) is 0. The molecule has 0 aliphatic carbocycles. The summed E-state index contributed by atoms with van der Waals surface area (Å²) < 4.78 is 0. The third-order valence-electron chi connectivity index (χ3n) is 1.35. The van der Waals surface area contributed by atoms with Crippen molar-refractivity contribution in [3.63, 3.8) is 0 Å². The van der Waals surface area contributed by atoms with Gasteiger partial charge in [-0.15, -0.1) is 11.1 Å². The Hall–Kier alpha value is 0.457. The van der Waals surface area contributed by atoms with E-state index in [2.05, 4.69) is 40.9 Å². The van der Waals surface area contributed by atoms with Gasteiger partial charge in [0.25, 0.3) is 5.60 Å². The summed E-state index contributed by atoms with van der Waals surface area (Å²) in [6.45, 7) is 2.10. The fourth-order valence-corrected chi connectivity index (χ4v) is 3.84. The van der Waals surface area contributed by atoms with Crippen molar-refractivity contribution < 1.29 is 0 Å². The van der Waals surface area contributed by atoms with Crippen LogP contribution in [0.15, 0.2) is 24.3 Å². The van der Waals surface area contributed by atoms with Gasteiger partial charge in [0.1, 0.15) is 0 Å². The van der Waals surface area contributed by atoms with Gasteiger partial charge < -0.3 is 0 Å². The summed E-state index contributed by atoms with van der Waals surface area (Å²) in [7, 11) is 0. The molecule has 1 rings (SSSR count). The number of halogens is 2. The Morgan fingerprint density at radius 3 is 2.40 bits per heavy atom. The molecule has 0 amide bonds. The van der Waals surface area contributed by atoms with Crippen molar-refractivity contribution >= 4 is 43.7 Å². The average Bonchev–Trinajstić information content (AvgIpc) is 1.88. The van der Waals surface area contributed by atoms with Gasteiger partial charge >= 0.3 is 0 Å². The van der Waals surface area contributed by atoms with Gasteiger partial charge in [-0.3, -0.25) is 0 Å². The van der Waals surface area contributed by atoms with Gasteiger partial charge in [-0.05, 0) is 17.7 Å². The highest BCUT2D eigenvalue weighted by Crippen LogP contribution is 2.04. The van der Waals surface area contributed by atoms with E-state index in [1.807, 2.05) is 12.1 Å². The lowest BCUT2D eigenvalue weighted by Gasteiger charge is -2.01. The summed E-state index contributed by atoms with van der Waals surface area (Å²) in [6.07, 6.45) is 0. The second-order valence-electron chi connectivity index (χ2n) is 2.08. The molecule has 0 unspecified atom stereocenters. The third-order valence-corrected chi connectivity index (χ3v) is 4.67. The van der Waals surface area contributed by atoms with Gasteiger partial charge in [0.05, 0.1) is 0 Å². The van der Waals surface area contributed by atoms with Crippen molar-refractivity contribution in [2.75, 3.05) is 0 Å². The van der Waals surface area contributed by atoms with Crippen molar-refractivity contribution in [1.82, 2.24) is 0 Å². The van der Waals surface area contributed by atoms with Crippen LogP contribution in [0.4, 0.5) is 0 Å². The van der Waals surface area contributed by atoms with Crippen LogP contribution in [0.5, 0.6) is 0 Å². The molecular formula is C7H7ClISi. The molecule has 3 heteroatoms. The van der Waals surface area contributed by atoms with Crippen LogP contribution >= 0.6 is 32.9 Å². The van der Waals surface area contributed by atoms with Crippen LogP contribution in [0, 0.1) is 6.92 Å². The van der Waals surface area contributed by atoms with Crippen molar-refractivity contribution in [1.29, 1.82) is 0 Å². The zero-order valence-electron chi connectivity index (χ0n) is 5.57. The summed E-state index contributed by atoms with van der Waals surface area (Å²) in [5.74, 6) is 0. The van der Waals surface area contributed by atoms with Gasteiger partial charge in [0.15, 0.2) is 0 Å². The molecule has 53 valence electrons. The van der Waals surface area contributed by atoms with Crippen LogP contribution in [-0.4, -0.2) is 5.60 Å². The first-order chi connectivity index (χ1) is 4.72. The van der Waals surface area contributed by atoms with Gasteiger partial charge in [0, 0.05) is 0 Å². The second-order valence-corrected chi connectivity index (χ2v) is 9.42. The molecule has 0 aromatic heterocycles. The van der Waals surface area contributed by atoms with E-state index in [0.717, 1.165) is 0 Å². The Labute approximate surface area is 80.1 Å². The zero-order chi connectivity index (χ0) is 7.56. The normalized spacial score (nSPS) is 10.4. The molecule has 0 nitrogen and oxygen atoms in total. The standard InChI is InChI=1S/C7H7ClISi/c1-6-4-2-3-5-7(6)10(8)9/h2-5H,1H3. The number of hydrogen-bond acceptors (Lipinski definition) is 0. The van der Waals surface area contributed by atoms with Crippen LogP contribution in [0.2, 0.25) is 0 Å². The van der Waals surface area contributed by atoms with E-state index in [1.54, 1.807) is 0 Å². The summed E-state index contributed by atoms with van der Waals surface area (Å²) in [6, 6.07) is 8.27. The van der Waals surface area contributed by atoms with E-state index in [-0.39, 0.29) is 0 Å². The molecule has 0 saturated heterocycles. The Bertz CT molecular complexity index is 225. The van der Waals surface area contributed by atoms with Gasteiger partial charge in [-0.1, -0.05) is 46.1 Å². The first-order valence-electron chi connectivity index (χ1n) is 2.96. The first kappa shape index (κ1) is 8.55. The van der Waals surface area contributed by atoms with Gasteiger partial charge in [0.2, 0.25) is 0 Å².